The topological polar surface area (TPSA) is 62.8 Å². The number of alkyl halides is 3. The van der Waals surface area contributed by atoms with Crippen molar-refractivity contribution in [3.63, 3.8) is 0 Å². The minimum atomic E-state index is -4.66. The zero-order chi connectivity index (χ0) is 17.2. The summed E-state index contributed by atoms with van der Waals surface area (Å²) in [5.74, 6) is 0. The number of rotatable bonds is 3. The Morgan fingerprint density at radius 1 is 1.17 bits per heavy atom. The normalized spacial score (nSPS) is 12.3. The number of nitrogens with two attached hydrogens (primary N) is 1. The molecule has 0 amide bonds. The molecule has 0 aliphatic heterocycles. The van der Waals surface area contributed by atoms with E-state index < -0.39 is 11.9 Å². The van der Waals surface area contributed by atoms with E-state index >= 15 is 0 Å². The van der Waals surface area contributed by atoms with Crippen molar-refractivity contribution < 1.29 is 13.2 Å². The van der Waals surface area contributed by atoms with Crippen LogP contribution in [-0.4, -0.2) is 16.9 Å². The molecule has 1 aromatic carbocycles. The van der Waals surface area contributed by atoms with Crippen molar-refractivity contribution in [2.75, 3.05) is 0 Å². The summed E-state index contributed by atoms with van der Waals surface area (Å²) in [7, 11) is 0. The molecule has 0 radical (unpaired) electrons. The van der Waals surface area contributed by atoms with Gasteiger partial charge in [-0.3, -0.25) is 10.4 Å². The van der Waals surface area contributed by atoms with Gasteiger partial charge in [0.15, 0.2) is 0 Å². The number of hydrogen-bond acceptors (Lipinski definition) is 3. The lowest BCUT2D eigenvalue weighted by molar-refractivity contribution is -0.0925. The van der Waals surface area contributed by atoms with Gasteiger partial charge in [-0.1, -0.05) is 18.2 Å². The number of nitrogens with one attached hydrogen (secondary N) is 1. The largest absolute Gasteiger partial charge is 0.430 e. The van der Waals surface area contributed by atoms with E-state index in [1.54, 1.807) is 12.1 Å². The minimum Gasteiger partial charge on any atom is -0.395 e. The fraction of sp³-hybridized carbons (Fsp3) is 0.176. The van der Waals surface area contributed by atoms with E-state index in [-0.39, 0.29) is 11.4 Å². The smallest absolute Gasteiger partial charge is 0.395 e. The van der Waals surface area contributed by atoms with Crippen molar-refractivity contribution in [1.29, 1.82) is 5.41 Å². The van der Waals surface area contributed by atoms with Crippen molar-refractivity contribution in [3.05, 3.63) is 65.1 Å². The number of halogens is 3. The molecule has 0 unspecified atom stereocenters. The summed E-state index contributed by atoms with van der Waals surface area (Å²) in [6.07, 6.45) is -2.60. The average Bonchev–Trinajstić information content (AvgIpc) is 2.46. The van der Waals surface area contributed by atoms with Crippen LogP contribution < -0.4 is 5.73 Å². The summed E-state index contributed by atoms with van der Waals surface area (Å²) >= 11 is 0. The Morgan fingerprint density at radius 3 is 2.35 bits per heavy atom. The highest BCUT2D eigenvalue weighted by Crippen LogP contribution is 2.27. The predicted octanol–water partition coefficient (Wildman–Crippen LogP) is 4.14. The van der Waals surface area contributed by atoms with Crippen LogP contribution in [0, 0.1) is 19.3 Å². The highest BCUT2D eigenvalue weighted by Gasteiger charge is 2.31. The van der Waals surface area contributed by atoms with Gasteiger partial charge in [-0.15, -0.1) is 0 Å². The maximum absolute atomic E-state index is 12.5. The summed E-state index contributed by atoms with van der Waals surface area (Å²) in [5, 5.41) is 7.79. The Hall–Kier alpha value is -2.63. The van der Waals surface area contributed by atoms with Crippen molar-refractivity contribution in [2.45, 2.75) is 20.0 Å². The third-order valence-electron chi connectivity index (χ3n) is 3.43. The second kappa shape index (κ2) is 6.24. The van der Waals surface area contributed by atoms with Gasteiger partial charge in [0.05, 0.1) is 11.4 Å². The molecule has 3 N–H and O–H groups in total. The number of aromatic nitrogens is 1. The summed E-state index contributed by atoms with van der Waals surface area (Å²) in [5.41, 5.74) is 7.26. The second-order valence-corrected chi connectivity index (χ2v) is 5.21. The molecule has 0 atom stereocenters. The van der Waals surface area contributed by atoms with Crippen LogP contribution in [0.4, 0.5) is 13.2 Å². The van der Waals surface area contributed by atoms with E-state index in [4.69, 9.17) is 11.1 Å². The molecule has 0 aliphatic rings. The molecule has 0 bridgehead atoms. The maximum Gasteiger partial charge on any atom is 0.430 e. The summed E-state index contributed by atoms with van der Waals surface area (Å²) in [6.45, 7) is 3.91. The molecule has 1 heterocycles. The molecule has 0 saturated carbocycles. The fourth-order valence-electron chi connectivity index (χ4n) is 2.31. The van der Waals surface area contributed by atoms with Gasteiger partial charge in [0.2, 0.25) is 0 Å². The van der Waals surface area contributed by atoms with Crippen LogP contribution in [0.5, 0.6) is 0 Å². The van der Waals surface area contributed by atoms with E-state index in [1.165, 1.54) is 6.20 Å². The lowest BCUT2D eigenvalue weighted by atomic mass is 9.95. The van der Waals surface area contributed by atoms with E-state index in [2.05, 4.69) is 4.98 Å². The van der Waals surface area contributed by atoms with Crippen LogP contribution in [0.2, 0.25) is 0 Å². The van der Waals surface area contributed by atoms with Gasteiger partial charge in [0.25, 0.3) is 0 Å². The molecule has 6 heteroatoms. The van der Waals surface area contributed by atoms with E-state index in [0.29, 0.717) is 6.08 Å². The quantitative estimate of drug-likeness (QED) is 0.835. The molecule has 2 aromatic rings. The summed E-state index contributed by atoms with van der Waals surface area (Å²) in [6, 6.07) is 9.20. The first-order valence-electron chi connectivity index (χ1n) is 6.86. The monoisotopic (exact) mass is 319 g/mol. The Balaban J connectivity index is 2.44. The van der Waals surface area contributed by atoms with Crippen molar-refractivity contribution >= 4 is 5.71 Å². The average molecular weight is 319 g/mol. The second-order valence-electron chi connectivity index (χ2n) is 5.21. The van der Waals surface area contributed by atoms with Gasteiger partial charge in [-0.2, -0.15) is 13.2 Å². The first-order valence-corrected chi connectivity index (χ1v) is 6.86. The Kier molecular flexibility index (Phi) is 4.54. The molecule has 0 aliphatic carbocycles. The zero-order valence-corrected chi connectivity index (χ0v) is 12.7. The lowest BCUT2D eigenvalue weighted by Crippen LogP contribution is -2.20. The molecule has 120 valence electrons. The summed E-state index contributed by atoms with van der Waals surface area (Å²) < 4.78 is 37.4. The first kappa shape index (κ1) is 16.7. The number of nitrogens with zero attached hydrogens (tertiary/aromatic N) is 1. The number of hydrogen-bond donors (Lipinski definition) is 2. The van der Waals surface area contributed by atoms with Gasteiger partial charge in [0, 0.05) is 6.20 Å². The molecule has 3 nitrogen and oxygen atoms in total. The number of benzene rings is 1. The van der Waals surface area contributed by atoms with Crippen molar-refractivity contribution in [3.8, 4) is 11.1 Å². The standard InChI is InChI=1S/C17H16F3N3/c1-10-4-3-5-11(2)16(10)12-6-7-23-14(8-12)13(21)9-15(22)17(18,19)20/h3-9,21H,22H2,1-2H3. The zero-order valence-electron chi connectivity index (χ0n) is 12.7. The van der Waals surface area contributed by atoms with E-state index in [9.17, 15) is 13.2 Å². The third-order valence-corrected chi connectivity index (χ3v) is 3.43. The van der Waals surface area contributed by atoms with Gasteiger partial charge in [-0.25, -0.2) is 0 Å². The van der Waals surface area contributed by atoms with Crippen molar-refractivity contribution in [2.24, 2.45) is 5.73 Å². The lowest BCUT2D eigenvalue weighted by Gasteiger charge is -2.11. The molecule has 0 saturated heterocycles. The molecule has 0 fully saturated rings. The minimum absolute atomic E-state index is 0.136. The van der Waals surface area contributed by atoms with Gasteiger partial charge in [0.1, 0.15) is 5.70 Å². The number of allylic oxidation sites excluding steroid dienone is 2. The van der Waals surface area contributed by atoms with Gasteiger partial charge >= 0.3 is 6.18 Å². The molecule has 0 spiro atoms. The van der Waals surface area contributed by atoms with Crippen LogP contribution in [0.25, 0.3) is 11.1 Å². The molecule has 23 heavy (non-hydrogen) atoms. The first-order chi connectivity index (χ1) is 10.7. The molecular formula is C17H16F3N3. The third kappa shape index (κ3) is 3.77. The van der Waals surface area contributed by atoms with Crippen LogP contribution in [0.15, 0.2) is 48.3 Å². The van der Waals surface area contributed by atoms with Crippen LogP contribution in [0.3, 0.4) is 0 Å². The van der Waals surface area contributed by atoms with Crippen LogP contribution in [0.1, 0.15) is 16.8 Å². The predicted molar refractivity (Wildman–Crippen MR) is 84.3 cm³/mol. The maximum atomic E-state index is 12.5. The highest BCUT2D eigenvalue weighted by molar-refractivity contribution is 6.06. The Morgan fingerprint density at radius 2 is 1.78 bits per heavy atom. The Labute approximate surface area is 132 Å². The fourth-order valence-corrected chi connectivity index (χ4v) is 2.31. The number of pyridine rings is 1. The number of aryl methyl sites for hydroxylation is 2. The Bertz CT molecular complexity index is 757. The summed E-state index contributed by atoms with van der Waals surface area (Å²) in [4.78, 5) is 3.97. The molecular weight excluding hydrogens is 303 g/mol. The highest BCUT2D eigenvalue weighted by atomic mass is 19.4. The van der Waals surface area contributed by atoms with Crippen LogP contribution >= 0.6 is 0 Å². The van der Waals surface area contributed by atoms with Gasteiger partial charge in [-0.05, 0) is 54.3 Å². The molecule has 1 aromatic heterocycles. The SMILES string of the molecule is Cc1cccc(C)c1-c1ccnc(C(=N)C=C(N)C(F)(F)F)c1. The molecule has 2 rings (SSSR count). The van der Waals surface area contributed by atoms with Crippen LogP contribution in [-0.2, 0) is 0 Å². The van der Waals surface area contributed by atoms with Crippen molar-refractivity contribution in [1.82, 2.24) is 4.98 Å². The van der Waals surface area contributed by atoms with E-state index in [0.717, 1.165) is 22.3 Å². The van der Waals surface area contributed by atoms with Gasteiger partial charge < -0.3 is 5.73 Å². The van der Waals surface area contributed by atoms with E-state index in [1.807, 2.05) is 32.0 Å².